The van der Waals surface area contributed by atoms with Gasteiger partial charge in [0.1, 0.15) is 11.4 Å². The molecular weight excluding hydrogens is 519 g/mol. The summed E-state index contributed by atoms with van der Waals surface area (Å²) in [6, 6.07) is 10.7. The Kier molecular flexibility index (Phi) is 9.80. The summed E-state index contributed by atoms with van der Waals surface area (Å²) in [6.07, 6.45) is 5.68. The molecule has 1 amide bonds. The lowest BCUT2D eigenvalue weighted by atomic mass is 10.1. The van der Waals surface area contributed by atoms with Gasteiger partial charge >= 0.3 is 6.09 Å². The summed E-state index contributed by atoms with van der Waals surface area (Å²) in [5.74, 6) is 1.67. The highest BCUT2D eigenvalue weighted by molar-refractivity contribution is 14.0. The van der Waals surface area contributed by atoms with E-state index in [0.717, 1.165) is 25.2 Å². The van der Waals surface area contributed by atoms with Gasteiger partial charge < -0.3 is 24.8 Å². The van der Waals surface area contributed by atoms with Gasteiger partial charge in [0.05, 0.1) is 12.6 Å². The highest BCUT2D eigenvalue weighted by Crippen LogP contribution is 2.15. The first-order chi connectivity index (χ1) is 14.8. The SMILES string of the molecule is CN=C(NCc1nccn1CCCc1ccccc1)NC1CN(C(=O)OC(C)(C)C)C1.I. The number of benzene rings is 1. The van der Waals surface area contributed by atoms with Crippen LogP contribution >= 0.6 is 24.0 Å². The molecule has 1 aliphatic heterocycles. The maximum Gasteiger partial charge on any atom is 0.410 e. The first kappa shape index (κ1) is 26.0. The number of hydrogen-bond donors (Lipinski definition) is 2. The van der Waals surface area contributed by atoms with Crippen LogP contribution in [0.15, 0.2) is 47.7 Å². The molecule has 32 heavy (non-hydrogen) atoms. The number of nitrogens with zero attached hydrogens (tertiary/aromatic N) is 4. The van der Waals surface area contributed by atoms with Crippen LogP contribution in [0, 0.1) is 0 Å². The fraction of sp³-hybridized carbons (Fsp3) is 0.522. The average molecular weight is 554 g/mol. The van der Waals surface area contributed by atoms with Crippen LogP contribution in [0.1, 0.15) is 38.6 Å². The number of amides is 1. The molecule has 0 unspecified atom stereocenters. The van der Waals surface area contributed by atoms with Crippen LogP contribution in [0.3, 0.4) is 0 Å². The van der Waals surface area contributed by atoms with Crippen molar-refractivity contribution in [3.05, 3.63) is 54.1 Å². The van der Waals surface area contributed by atoms with E-state index in [4.69, 9.17) is 4.74 Å². The van der Waals surface area contributed by atoms with E-state index in [9.17, 15) is 4.79 Å². The Morgan fingerprint density at radius 2 is 1.97 bits per heavy atom. The van der Waals surface area contributed by atoms with E-state index in [2.05, 4.69) is 49.4 Å². The molecule has 0 saturated carbocycles. The van der Waals surface area contributed by atoms with E-state index in [1.807, 2.05) is 39.2 Å². The third-order valence-electron chi connectivity index (χ3n) is 5.02. The zero-order valence-corrected chi connectivity index (χ0v) is 21.7. The standard InChI is InChI=1S/C23H34N6O2.HI/c1-23(2,3)31-22(30)29-16-19(17-29)27-21(24-4)26-15-20-25-12-14-28(20)13-8-11-18-9-6-5-7-10-18;/h5-7,9-10,12,14,19H,8,11,13,15-17H2,1-4H3,(H2,24,26,27);1H. The second-order valence-electron chi connectivity index (χ2n) is 8.78. The Hall–Kier alpha value is -2.30. The number of imidazole rings is 1. The molecule has 0 spiro atoms. The highest BCUT2D eigenvalue weighted by Gasteiger charge is 2.34. The monoisotopic (exact) mass is 554 g/mol. The van der Waals surface area contributed by atoms with Crippen molar-refractivity contribution in [2.24, 2.45) is 4.99 Å². The molecule has 0 aliphatic carbocycles. The van der Waals surface area contributed by atoms with Crippen LogP contribution in [0.25, 0.3) is 0 Å². The molecule has 0 bridgehead atoms. The quantitative estimate of drug-likeness (QED) is 0.312. The second kappa shape index (κ2) is 12.1. The lowest BCUT2D eigenvalue weighted by Crippen LogP contribution is -2.63. The number of carbonyl (C=O) groups is 1. The third-order valence-corrected chi connectivity index (χ3v) is 5.02. The average Bonchev–Trinajstić information content (AvgIpc) is 3.13. The fourth-order valence-electron chi connectivity index (χ4n) is 3.41. The summed E-state index contributed by atoms with van der Waals surface area (Å²) in [7, 11) is 1.74. The predicted octanol–water partition coefficient (Wildman–Crippen LogP) is 3.42. The van der Waals surface area contributed by atoms with Gasteiger partial charge in [-0.3, -0.25) is 4.99 Å². The van der Waals surface area contributed by atoms with E-state index < -0.39 is 5.60 Å². The summed E-state index contributed by atoms with van der Waals surface area (Å²) in [4.78, 5) is 22.5. The lowest BCUT2D eigenvalue weighted by molar-refractivity contribution is 0.00701. The van der Waals surface area contributed by atoms with Gasteiger partial charge in [-0.1, -0.05) is 30.3 Å². The molecule has 0 atom stereocenters. The van der Waals surface area contributed by atoms with Crippen molar-refractivity contribution in [3.63, 3.8) is 0 Å². The Morgan fingerprint density at radius 3 is 2.62 bits per heavy atom. The Labute approximate surface area is 207 Å². The number of aromatic nitrogens is 2. The minimum absolute atomic E-state index is 0. The minimum Gasteiger partial charge on any atom is -0.444 e. The molecule has 176 valence electrons. The highest BCUT2D eigenvalue weighted by atomic mass is 127. The van der Waals surface area contributed by atoms with Crippen LogP contribution in [0.2, 0.25) is 0 Å². The molecule has 1 aromatic heterocycles. The van der Waals surface area contributed by atoms with Crippen LogP contribution in [-0.2, 0) is 24.2 Å². The summed E-state index contributed by atoms with van der Waals surface area (Å²) in [6.45, 7) is 8.33. The second-order valence-corrected chi connectivity index (χ2v) is 8.78. The number of rotatable bonds is 7. The molecule has 2 aromatic rings. The molecule has 1 saturated heterocycles. The van der Waals surface area contributed by atoms with E-state index in [1.54, 1.807) is 11.9 Å². The summed E-state index contributed by atoms with van der Waals surface area (Å²) in [5.41, 5.74) is 0.878. The molecular formula is C23H35IN6O2. The van der Waals surface area contributed by atoms with Crippen molar-refractivity contribution < 1.29 is 9.53 Å². The number of aliphatic imine (C=N–C) groups is 1. The number of ether oxygens (including phenoxy) is 1. The van der Waals surface area contributed by atoms with E-state index in [1.165, 1.54) is 5.56 Å². The third kappa shape index (κ3) is 7.99. The van der Waals surface area contributed by atoms with E-state index in [-0.39, 0.29) is 36.1 Å². The molecule has 8 nitrogen and oxygen atoms in total. The predicted molar refractivity (Wildman–Crippen MR) is 137 cm³/mol. The van der Waals surface area contributed by atoms with E-state index >= 15 is 0 Å². The molecule has 9 heteroatoms. The number of likely N-dealkylation sites (tertiary alicyclic amines) is 1. The molecule has 3 rings (SSSR count). The van der Waals surface area contributed by atoms with Crippen molar-refractivity contribution in [2.45, 2.75) is 58.3 Å². The minimum atomic E-state index is -0.476. The van der Waals surface area contributed by atoms with Crippen LogP contribution in [0.5, 0.6) is 0 Å². The van der Waals surface area contributed by atoms with Gasteiger partial charge in [-0.05, 0) is 39.2 Å². The maximum atomic E-state index is 12.1. The zero-order valence-electron chi connectivity index (χ0n) is 19.4. The van der Waals surface area contributed by atoms with Gasteiger partial charge in [-0.25, -0.2) is 9.78 Å². The first-order valence-electron chi connectivity index (χ1n) is 10.8. The van der Waals surface area contributed by atoms with Gasteiger partial charge in [-0.2, -0.15) is 0 Å². The van der Waals surface area contributed by atoms with Gasteiger partial charge in [0, 0.05) is 39.1 Å². The van der Waals surface area contributed by atoms with Crippen molar-refractivity contribution in [1.29, 1.82) is 0 Å². The first-order valence-corrected chi connectivity index (χ1v) is 10.8. The largest absolute Gasteiger partial charge is 0.444 e. The van der Waals surface area contributed by atoms with Crippen molar-refractivity contribution in [1.82, 2.24) is 25.1 Å². The summed E-state index contributed by atoms with van der Waals surface area (Å²) >= 11 is 0. The number of hydrogen-bond acceptors (Lipinski definition) is 4. The smallest absolute Gasteiger partial charge is 0.410 e. The van der Waals surface area contributed by atoms with Crippen LogP contribution in [0.4, 0.5) is 4.79 Å². The summed E-state index contributed by atoms with van der Waals surface area (Å²) in [5, 5.41) is 6.67. The molecule has 0 radical (unpaired) electrons. The van der Waals surface area contributed by atoms with Gasteiger partial charge in [0.15, 0.2) is 5.96 Å². The Morgan fingerprint density at radius 1 is 1.25 bits per heavy atom. The zero-order chi connectivity index (χ0) is 22.3. The van der Waals surface area contributed by atoms with Crippen molar-refractivity contribution >= 4 is 36.0 Å². The maximum absolute atomic E-state index is 12.1. The number of aryl methyl sites for hydroxylation is 2. The normalized spacial score (nSPS) is 14.4. The van der Waals surface area contributed by atoms with Crippen LogP contribution in [-0.4, -0.2) is 58.3 Å². The number of halogens is 1. The number of carbonyl (C=O) groups excluding carboxylic acids is 1. The van der Waals surface area contributed by atoms with Crippen molar-refractivity contribution in [3.8, 4) is 0 Å². The molecule has 1 aliphatic rings. The summed E-state index contributed by atoms with van der Waals surface area (Å²) < 4.78 is 7.57. The molecule has 1 fully saturated rings. The molecule has 2 N–H and O–H groups in total. The Bertz CT molecular complexity index is 872. The van der Waals surface area contributed by atoms with Crippen LogP contribution < -0.4 is 10.6 Å². The fourth-order valence-corrected chi connectivity index (χ4v) is 3.41. The van der Waals surface area contributed by atoms with Gasteiger partial charge in [0.2, 0.25) is 0 Å². The Balaban J connectivity index is 0.00000363. The molecule has 2 heterocycles. The number of guanidine groups is 1. The van der Waals surface area contributed by atoms with Gasteiger partial charge in [0.25, 0.3) is 0 Å². The van der Waals surface area contributed by atoms with Gasteiger partial charge in [-0.15, -0.1) is 24.0 Å². The lowest BCUT2D eigenvalue weighted by Gasteiger charge is -2.40. The number of nitrogens with one attached hydrogen (secondary N) is 2. The van der Waals surface area contributed by atoms with Crippen molar-refractivity contribution in [2.75, 3.05) is 20.1 Å². The topological polar surface area (TPSA) is 83.8 Å². The molecule has 1 aromatic carbocycles. The van der Waals surface area contributed by atoms with E-state index in [0.29, 0.717) is 25.6 Å².